The van der Waals surface area contributed by atoms with Crippen LogP contribution in [0.15, 0.2) is 18.3 Å². The average Bonchev–Trinajstić information content (AvgIpc) is 2.97. The number of aromatic nitrogens is 1. The molecule has 1 aliphatic rings. The zero-order chi connectivity index (χ0) is 15.5. The van der Waals surface area contributed by atoms with E-state index in [1.165, 1.54) is 11.3 Å². The second-order valence-electron chi connectivity index (χ2n) is 5.16. The third-order valence-corrected chi connectivity index (χ3v) is 4.27. The van der Waals surface area contributed by atoms with Crippen LogP contribution in [0.1, 0.15) is 17.8 Å². The van der Waals surface area contributed by atoms with Gasteiger partial charge in [-0.1, -0.05) is 0 Å². The molecule has 1 aliphatic heterocycles. The minimum Gasteiger partial charge on any atom is -0.484 e. The monoisotopic (exact) mass is 327 g/mol. The summed E-state index contributed by atoms with van der Waals surface area (Å²) >= 11 is 1.48. The van der Waals surface area contributed by atoms with E-state index in [-0.39, 0.29) is 6.10 Å². The van der Waals surface area contributed by atoms with Crippen molar-refractivity contribution in [3.63, 3.8) is 0 Å². The fourth-order valence-electron chi connectivity index (χ4n) is 2.48. The summed E-state index contributed by atoms with van der Waals surface area (Å²) in [5.74, 6) is -3.44. The molecule has 0 spiro atoms. The summed E-state index contributed by atoms with van der Waals surface area (Å²) in [6.07, 6.45) is 2.70. The molecule has 0 amide bonds. The predicted octanol–water partition coefficient (Wildman–Crippen LogP) is 3.40. The van der Waals surface area contributed by atoms with Crippen LogP contribution in [0, 0.1) is 22.8 Å². The number of nitrogens with zero attached hydrogens (tertiary/aromatic N) is 2. The molecule has 0 bridgehead atoms. The third kappa shape index (κ3) is 3.59. The molecule has 2 heterocycles. The summed E-state index contributed by atoms with van der Waals surface area (Å²) in [6, 6.07) is 1.26. The van der Waals surface area contributed by atoms with Gasteiger partial charge in [0.05, 0.1) is 11.9 Å². The molecule has 7 heteroatoms. The number of ether oxygens (including phenoxy) is 1. The summed E-state index contributed by atoms with van der Waals surface area (Å²) < 4.78 is 45.4. The summed E-state index contributed by atoms with van der Waals surface area (Å²) in [4.78, 5) is 6.40. The maximum Gasteiger partial charge on any atom is 0.191 e. The summed E-state index contributed by atoms with van der Waals surface area (Å²) in [5, 5.41) is 3.94. The Morgan fingerprint density at radius 3 is 2.50 bits per heavy atom. The first-order chi connectivity index (χ1) is 10.6. The predicted molar refractivity (Wildman–Crippen MR) is 76.2 cm³/mol. The van der Waals surface area contributed by atoms with Crippen molar-refractivity contribution in [2.75, 3.05) is 13.1 Å². The van der Waals surface area contributed by atoms with Gasteiger partial charge in [-0.3, -0.25) is 4.90 Å². The van der Waals surface area contributed by atoms with Gasteiger partial charge >= 0.3 is 0 Å². The maximum absolute atomic E-state index is 13.6. The standard InChI is InChI=1S/C15H14F3N2OS/c16-10-7-12(17)15(13(18)8-10)21-11-1-4-20(5-2-11)9-14-19-3-6-22-14/h3,7-8,11H,1-2,4-5,9H2. The van der Waals surface area contributed by atoms with Gasteiger partial charge in [0.2, 0.25) is 0 Å². The summed E-state index contributed by atoms with van der Waals surface area (Å²) in [7, 11) is 0. The van der Waals surface area contributed by atoms with Crippen LogP contribution in [-0.4, -0.2) is 29.1 Å². The van der Waals surface area contributed by atoms with E-state index in [0.29, 0.717) is 25.0 Å². The molecule has 0 unspecified atom stereocenters. The first kappa shape index (κ1) is 15.3. The van der Waals surface area contributed by atoms with Gasteiger partial charge in [0.25, 0.3) is 0 Å². The Labute approximate surface area is 130 Å². The van der Waals surface area contributed by atoms with E-state index >= 15 is 0 Å². The van der Waals surface area contributed by atoms with Crippen molar-refractivity contribution in [2.24, 2.45) is 0 Å². The molecular formula is C15H14F3N2OS. The average molecular weight is 327 g/mol. The zero-order valence-electron chi connectivity index (χ0n) is 11.7. The smallest absolute Gasteiger partial charge is 0.191 e. The minimum atomic E-state index is -1.00. The Bertz CT molecular complexity index is 605. The van der Waals surface area contributed by atoms with Gasteiger partial charge in [0, 0.05) is 31.4 Å². The van der Waals surface area contributed by atoms with E-state index in [0.717, 1.165) is 24.6 Å². The molecule has 0 atom stereocenters. The number of benzene rings is 1. The molecule has 3 rings (SSSR count). The molecule has 0 aliphatic carbocycles. The van der Waals surface area contributed by atoms with Gasteiger partial charge < -0.3 is 4.74 Å². The maximum atomic E-state index is 13.6. The van der Waals surface area contributed by atoms with Crippen molar-refractivity contribution in [1.29, 1.82) is 0 Å². The fraction of sp³-hybridized carbons (Fsp3) is 0.400. The molecule has 22 heavy (non-hydrogen) atoms. The number of rotatable bonds is 4. The molecule has 1 fully saturated rings. The Balaban J connectivity index is 1.56. The van der Waals surface area contributed by atoms with Crippen LogP contribution in [0.2, 0.25) is 0 Å². The van der Waals surface area contributed by atoms with Crippen LogP contribution < -0.4 is 4.74 Å². The lowest BCUT2D eigenvalue weighted by atomic mass is 10.1. The summed E-state index contributed by atoms with van der Waals surface area (Å²) in [6.45, 7) is 2.27. The van der Waals surface area contributed by atoms with Crippen molar-refractivity contribution < 1.29 is 17.9 Å². The molecule has 1 radical (unpaired) electrons. The van der Waals surface area contributed by atoms with E-state index in [1.54, 1.807) is 6.20 Å². The molecule has 1 saturated heterocycles. The van der Waals surface area contributed by atoms with Crippen molar-refractivity contribution in [1.82, 2.24) is 9.88 Å². The van der Waals surface area contributed by atoms with Gasteiger partial charge in [0.15, 0.2) is 17.4 Å². The molecule has 117 valence electrons. The first-order valence-corrected chi connectivity index (χ1v) is 7.78. The van der Waals surface area contributed by atoms with Crippen molar-refractivity contribution in [3.8, 4) is 5.75 Å². The lowest BCUT2D eigenvalue weighted by Crippen LogP contribution is -2.38. The highest BCUT2D eigenvalue weighted by Gasteiger charge is 2.24. The molecule has 0 N–H and O–H groups in total. The largest absolute Gasteiger partial charge is 0.484 e. The zero-order valence-corrected chi connectivity index (χ0v) is 12.5. The van der Waals surface area contributed by atoms with Gasteiger partial charge in [-0.05, 0) is 12.8 Å². The molecule has 1 aromatic heterocycles. The van der Waals surface area contributed by atoms with E-state index in [1.807, 2.05) is 0 Å². The number of halogens is 3. The lowest BCUT2D eigenvalue weighted by molar-refractivity contribution is 0.0897. The molecule has 0 saturated carbocycles. The van der Waals surface area contributed by atoms with Crippen LogP contribution in [0.4, 0.5) is 13.2 Å². The molecule has 1 aromatic carbocycles. The topological polar surface area (TPSA) is 25.4 Å². The first-order valence-electron chi connectivity index (χ1n) is 6.96. The van der Waals surface area contributed by atoms with Crippen molar-refractivity contribution in [2.45, 2.75) is 25.5 Å². The Hall–Kier alpha value is -1.60. The van der Waals surface area contributed by atoms with Crippen molar-refractivity contribution >= 4 is 11.3 Å². The molecular weight excluding hydrogens is 313 g/mol. The normalized spacial score (nSPS) is 16.9. The van der Waals surface area contributed by atoms with Crippen LogP contribution in [-0.2, 0) is 6.54 Å². The number of thiazole rings is 1. The van der Waals surface area contributed by atoms with E-state index in [2.05, 4.69) is 15.3 Å². The number of piperidine rings is 1. The van der Waals surface area contributed by atoms with Crippen LogP contribution >= 0.6 is 11.3 Å². The quantitative estimate of drug-likeness (QED) is 0.860. The molecule has 3 nitrogen and oxygen atoms in total. The Morgan fingerprint density at radius 1 is 1.23 bits per heavy atom. The van der Waals surface area contributed by atoms with Gasteiger partial charge in [0.1, 0.15) is 16.9 Å². The van der Waals surface area contributed by atoms with Crippen molar-refractivity contribution in [3.05, 3.63) is 46.2 Å². The van der Waals surface area contributed by atoms with Gasteiger partial charge in [-0.2, -0.15) is 0 Å². The fourth-order valence-corrected chi connectivity index (χ4v) is 3.07. The van der Waals surface area contributed by atoms with Crippen LogP contribution in [0.3, 0.4) is 0 Å². The highest BCUT2D eigenvalue weighted by atomic mass is 32.1. The van der Waals surface area contributed by atoms with Gasteiger partial charge in [-0.25, -0.2) is 18.2 Å². The Kier molecular flexibility index (Phi) is 4.63. The van der Waals surface area contributed by atoms with Gasteiger partial charge in [-0.15, -0.1) is 11.3 Å². The SMILES string of the molecule is Fc1cc(F)c(OC2CCN(Cc3nc[c]s3)CC2)c(F)c1. The lowest BCUT2D eigenvalue weighted by Gasteiger charge is -2.31. The Morgan fingerprint density at radius 2 is 1.91 bits per heavy atom. The number of likely N-dealkylation sites (tertiary alicyclic amines) is 1. The number of hydrogen-bond acceptors (Lipinski definition) is 4. The second kappa shape index (κ2) is 6.66. The summed E-state index contributed by atoms with van der Waals surface area (Å²) in [5.41, 5.74) is 0. The minimum absolute atomic E-state index is 0.270. The molecule has 2 aromatic rings. The third-order valence-electron chi connectivity index (χ3n) is 3.58. The van der Waals surface area contributed by atoms with Crippen LogP contribution in [0.5, 0.6) is 5.75 Å². The highest BCUT2D eigenvalue weighted by molar-refractivity contribution is 7.09. The van der Waals surface area contributed by atoms with Crippen LogP contribution in [0.25, 0.3) is 0 Å². The van der Waals surface area contributed by atoms with E-state index < -0.39 is 23.2 Å². The highest BCUT2D eigenvalue weighted by Crippen LogP contribution is 2.26. The van der Waals surface area contributed by atoms with E-state index in [4.69, 9.17) is 4.74 Å². The second-order valence-corrected chi connectivity index (χ2v) is 6.07. The van der Waals surface area contributed by atoms with E-state index in [9.17, 15) is 13.2 Å². The number of hydrogen-bond donors (Lipinski definition) is 0.